The Bertz CT molecular complexity index is 1250. The van der Waals surface area contributed by atoms with E-state index in [2.05, 4.69) is 15.0 Å². The SMILES string of the molecule is CS(=O)(=O)c1cc(C(=O)N=C(N)N)ccc1Oc1ccc(C(=O)Cc2ncc[nH]2)cc1. The molecule has 1 aromatic heterocycles. The van der Waals surface area contributed by atoms with Crippen molar-refractivity contribution in [3.8, 4) is 11.5 Å². The molecule has 160 valence electrons. The Labute approximate surface area is 177 Å². The van der Waals surface area contributed by atoms with Crippen molar-refractivity contribution >= 4 is 27.5 Å². The predicted molar refractivity (Wildman–Crippen MR) is 113 cm³/mol. The van der Waals surface area contributed by atoms with Gasteiger partial charge in [0.2, 0.25) is 0 Å². The first kappa shape index (κ1) is 21.7. The lowest BCUT2D eigenvalue weighted by Crippen LogP contribution is -2.24. The highest BCUT2D eigenvalue weighted by atomic mass is 32.2. The van der Waals surface area contributed by atoms with Crippen molar-refractivity contribution in [3.05, 3.63) is 71.8 Å². The van der Waals surface area contributed by atoms with Gasteiger partial charge >= 0.3 is 0 Å². The first-order valence-electron chi connectivity index (χ1n) is 8.91. The summed E-state index contributed by atoms with van der Waals surface area (Å²) in [6.45, 7) is 0. The molecule has 31 heavy (non-hydrogen) atoms. The molecule has 5 N–H and O–H groups in total. The number of nitrogens with zero attached hydrogens (tertiary/aromatic N) is 2. The maximum atomic E-state index is 12.3. The third-order valence-corrected chi connectivity index (χ3v) is 5.23. The summed E-state index contributed by atoms with van der Waals surface area (Å²) < 4.78 is 30.1. The van der Waals surface area contributed by atoms with E-state index in [4.69, 9.17) is 16.2 Å². The number of aromatic amines is 1. The molecule has 3 aromatic rings. The summed E-state index contributed by atoms with van der Waals surface area (Å²) in [5, 5.41) is 0. The molecule has 11 heteroatoms. The molecular weight excluding hydrogens is 422 g/mol. The van der Waals surface area contributed by atoms with E-state index >= 15 is 0 Å². The third-order valence-electron chi connectivity index (χ3n) is 4.11. The molecule has 1 amide bonds. The Balaban J connectivity index is 1.83. The van der Waals surface area contributed by atoms with Crippen LogP contribution in [0.1, 0.15) is 26.5 Å². The number of benzene rings is 2. The summed E-state index contributed by atoms with van der Waals surface area (Å²) in [5.41, 5.74) is 10.8. The summed E-state index contributed by atoms with van der Waals surface area (Å²) >= 11 is 0. The lowest BCUT2D eigenvalue weighted by atomic mass is 10.1. The van der Waals surface area contributed by atoms with Gasteiger partial charge in [-0.05, 0) is 42.5 Å². The fraction of sp³-hybridized carbons (Fsp3) is 0.100. The standard InChI is InChI=1S/C20H19N5O5S/c1-31(28,29)17-10-13(19(27)25-20(21)22)4-7-16(17)30-14-5-2-12(3-6-14)15(26)11-18-23-8-9-24-18/h2-10H,11H2,1H3,(H,23,24)(H4,21,22,25,27). The van der Waals surface area contributed by atoms with Crippen LogP contribution in [-0.2, 0) is 16.3 Å². The molecular formula is C20H19N5O5S. The lowest BCUT2D eigenvalue weighted by molar-refractivity contribution is 0.0986. The molecule has 0 aliphatic heterocycles. The number of nitrogens with two attached hydrogens (primary N) is 2. The zero-order valence-electron chi connectivity index (χ0n) is 16.4. The second-order valence-corrected chi connectivity index (χ2v) is 8.52. The van der Waals surface area contributed by atoms with E-state index < -0.39 is 21.7 Å². The predicted octanol–water partition coefficient (Wildman–Crippen LogP) is 1.44. The van der Waals surface area contributed by atoms with Crippen LogP contribution in [0.3, 0.4) is 0 Å². The monoisotopic (exact) mass is 441 g/mol. The van der Waals surface area contributed by atoms with Crippen molar-refractivity contribution in [1.82, 2.24) is 9.97 Å². The van der Waals surface area contributed by atoms with Crippen molar-refractivity contribution in [2.45, 2.75) is 11.3 Å². The van der Waals surface area contributed by atoms with Crippen LogP contribution in [0.2, 0.25) is 0 Å². The molecule has 0 spiro atoms. The number of imidazole rings is 1. The molecule has 0 atom stereocenters. The Morgan fingerprint density at radius 1 is 1.10 bits per heavy atom. The van der Waals surface area contributed by atoms with Gasteiger partial charge in [-0.2, -0.15) is 4.99 Å². The molecule has 0 aliphatic carbocycles. The van der Waals surface area contributed by atoms with Crippen molar-refractivity contribution in [1.29, 1.82) is 0 Å². The fourth-order valence-electron chi connectivity index (χ4n) is 2.68. The number of guanidine groups is 1. The van der Waals surface area contributed by atoms with Crippen LogP contribution >= 0.6 is 0 Å². The summed E-state index contributed by atoms with van der Waals surface area (Å²) in [6, 6.07) is 10.0. The topological polar surface area (TPSA) is 171 Å². The largest absolute Gasteiger partial charge is 0.456 e. The summed E-state index contributed by atoms with van der Waals surface area (Å²) in [5.74, 6) is -0.482. The van der Waals surface area contributed by atoms with Gasteiger partial charge in [0.15, 0.2) is 21.6 Å². The number of ketones is 1. The Hall–Kier alpha value is -3.99. The number of Topliss-reactive ketones (excluding diaryl/α,β-unsaturated/α-hetero) is 1. The van der Waals surface area contributed by atoms with Gasteiger partial charge < -0.3 is 21.2 Å². The minimum Gasteiger partial charge on any atom is -0.456 e. The normalized spacial score (nSPS) is 11.0. The zero-order valence-corrected chi connectivity index (χ0v) is 17.2. The summed E-state index contributed by atoms with van der Waals surface area (Å²) in [4.78, 5) is 34.4. The number of aromatic nitrogens is 2. The lowest BCUT2D eigenvalue weighted by Gasteiger charge is -2.11. The molecule has 2 aromatic carbocycles. The van der Waals surface area contributed by atoms with Crippen LogP contribution < -0.4 is 16.2 Å². The van der Waals surface area contributed by atoms with Gasteiger partial charge in [0, 0.05) is 29.8 Å². The fourth-order valence-corrected chi connectivity index (χ4v) is 3.50. The van der Waals surface area contributed by atoms with Gasteiger partial charge in [0.25, 0.3) is 5.91 Å². The highest BCUT2D eigenvalue weighted by Crippen LogP contribution is 2.30. The van der Waals surface area contributed by atoms with Crippen molar-refractivity contribution < 1.29 is 22.7 Å². The number of carbonyl (C=O) groups excluding carboxylic acids is 2. The van der Waals surface area contributed by atoms with Crippen molar-refractivity contribution in [3.63, 3.8) is 0 Å². The van der Waals surface area contributed by atoms with E-state index in [1.807, 2.05) is 0 Å². The molecule has 0 unspecified atom stereocenters. The van der Waals surface area contributed by atoms with E-state index in [0.29, 0.717) is 17.1 Å². The molecule has 10 nitrogen and oxygen atoms in total. The Morgan fingerprint density at radius 3 is 2.35 bits per heavy atom. The number of rotatable bonds is 7. The number of nitrogens with one attached hydrogen (secondary N) is 1. The Morgan fingerprint density at radius 2 is 1.77 bits per heavy atom. The van der Waals surface area contributed by atoms with E-state index in [9.17, 15) is 18.0 Å². The summed E-state index contributed by atoms with van der Waals surface area (Å²) in [6.07, 6.45) is 4.31. The second kappa shape index (κ2) is 8.79. The zero-order chi connectivity index (χ0) is 22.6. The molecule has 0 saturated carbocycles. The van der Waals surface area contributed by atoms with E-state index in [0.717, 1.165) is 12.3 Å². The number of amides is 1. The van der Waals surface area contributed by atoms with Gasteiger partial charge in [-0.3, -0.25) is 9.59 Å². The number of sulfone groups is 1. The van der Waals surface area contributed by atoms with Gasteiger partial charge in [-0.1, -0.05) is 0 Å². The van der Waals surface area contributed by atoms with Crippen LogP contribution in [0, 0.1) is 0 Å². The quantitative estimate of drug-likeness (QED) is 0.281. The number of ether oxygens (including phenoxy) is 1. The van der Waals surface area contributed by atoms with E-state index in [1.165, 1.54) is 12.1 Å². The molecule has 0 aliphatic rings. The van der Waals surface area contributed by atoms with Gasteiger partial charge in [0.1, 0.15) is 22.2 Å². The van der Waals surface area contributed by atoms with Crippen molar-refractivity contribution in [2.24, 2.45) is 16.5 Å². The molecule has 0 bridgehead atoms. The van der Waals surface area contributed by atoms with E-state index in [1.54, 1.807) is 36.7 Å². The van der Waals surface area contributed by atoms with Crippen LogP contribution in [-0.4, -0.2) is 42.3 Å². The van der Waals surface area contributed by atoms with Crippen molar-refractivity contribution in [2.75, 3.05) is 6.26 Å². The highest BCUT2D eigenvalue weighted by molar-refractivity contribution is 7.90. The number of hydrogen-bond donors (Lipinski definition) is 3. The molecule has 0 saturated heterocycles. The van der Waals surface area contributed by atoms with E-state index in [-0.39, 0.29) is 28.4 Å². The van der Waals surface area contributed by atoms with Crippen LogP contribution in [0.15, 0.2) is 64.7 Å². The number of aliphatic imine (C=N–C) groups is 1. The molecule has 3 rings (SSSR count). The maximum absolute atomic E-state index is 12.3. The minimum absolute atomic E-state index is 0.0124. The third kappa shape index (κ3) is 5.54. The number of carbonyl (C=O) groups is 2. The van der Waals surface area contributed by atoms with Gasteiger partial charge in [-0.15, -0.1) is 0 Å². The highest BCUT2D eigenvalue weighted by Gasteiger charge is 2.19. The van der Waals surface area contributed by atoms with Crippen LogP contribution in [0.4, 0.5) is 0 Å². The number of hydrogen-bond acceptors (Lipinski definition) is 6. The molecule has 0 radical (unpaired) electrons. The Kier molecular flexibility index (Phi) is 6.16. The molecule has 0 fully saturated rings. The smallest absolute Gasteiger partial charge is 0.280 e. The average molecular weight is 441 g/mol. The average Bonchev–Trinajstić information content (AvgIpc) is 3.20. The van der Waals surface area contributed by atoms with Crippen LogP contribution in [0.5, 0.6) is 11.5 Å². The first-order chi connectivity index (χ1) is 14.6. The minimum atomic E-state index is -3.74. The maximum Gasteiger partial charge on any atom is 0.280 e. The van der Waals surface area contributed by atoms with Crippen LogP contribution in [0.25, 0.3) is 0 Å². The number of H-pyrrole nitrogens is 1. The van der Waals surface area contributed by atoms with Gasteiger partial charge in [0.05, 0.1) is 6.42 Å². The summed E-state index contributed by atoms with van der Waals surface area (Å²) in [7, 11) is -3.74. The first-order valence-corrected chi connectivity index (χ1v) is 10.8. The molecule has 1 heterocycles. The van der Waals surface area contributed by atoms with Gasteiger partial charge in [-0.25, -0.2) is 13.4 Å². The second-order valence-electron chi connectivity index (χ2n) is 6.54.